The molecule has 0 bridgehead atoms. The predicted molar refractivity (Wildman–Crippen MR) is 45.4 cm³/mol. The molecule has 0 aromatic carbocycles. The molecule has 62 valence electrons. The quantitative estimate of drug-likeness (QED) is 0.622. The Morgan fingerprint density at radius 3 is 2.58 bits per heavy atom. The predicted octanol–water partition coefficient (Wildman–Crippen LogP) is 0.821. The van der Waals surface area contributed by atoms with Crippen molar-refractivity contribution in [3.63, 3.8) is 0 Å². The molecule has 0 N–H and O–H groups in total. The van der Waals surface area contributed by atoms with Crippen LogP contribution < -0.4 is 0 Å². The molecule has 0 saturated heterocycles. The molecule has 2 aromatic heterocycles. The molecule has 2 aromatic rings. The van der Waals surface area contributed by atoms with Crippen LogP contribution in [0.1, 0.15) is 0 Å². The SMILES string of the molecule is Cn1cc(-c2ccnn2C)cn1. The average Bonchev–Trinajstić information content (AvgIpc) is 2.58. The van der Waals surface area contributed by atoms with E-state index in [2.05, 4.69) is 10.2 Å². The van der Waals surface area contributed by atoms with Crippen LogP contribution in [0.15, 0.2) is 24.7 Å². The summed E-state index contributed by atoms with van der Waals surface area (Å²) in [5.74, 6) is 0. The van der Waals surface area contributed by atoms with Crippen LogP contribution in [-0.4, -0.2) is 19.6 Å². The monoisotopic (exact) mass is 162 g/mol. The van der Waals surface area contributed by atoms with Gasteiger partial charge in [-0.05, 0) is 6.07 Å². The van der Waals surface area contributed by atoms with Crippen LogP contribution >= 0.6 is 0 Å². The lowest BCUT2D eigenvalue weighted by atomic mass is 10.2. The molecule has 0 aliphatic carbocycles. The standard InChI is InChI=1S/C8H10N4/c1-11-6-7(5-10-11)8-3-4-9-12(8)2/h3-6H,1-2H3. The molecule has 12 heavy (non-hydrogen) atoms. The number of aromatic nitrogens is 4. The summed E-state index contributed by atoms with van der Waals surface area (Å²) in [6.07, 6.45) is 5.58. The van der Waals surface area contributed by atoms with E-state index in [0.29, 0.717) is 0 Å². The zero-order valence-corrected chi connectivity index (χ0v) is 7.10. The lowest BCUT2D eigenvalue weighted by Gasteiger charge is -1.95. The number of hydrogen-bond acceptors (Lipinski definition) is 2. The Bertz CT molecular complexity index is 385. The maximum atomic E-state index is 4.09. The summed E-state index contributed by atoms with van der Waals surface area (Å²) in [7, 11) is 3.82. The highest BCUT2D eigenvalue weighted by Gasteiger charge is 2.02. The molecule has 0 fully saturated rings. The highest BCUT2D eigenvalue weighted by molar-refractivity contribution is 5.56. The van der Waals surface area contributed by atoms with Gasteiger partial charge in [-0.1, -0.05) is 0 Å². The van der Waals surface area contributed by atoms with Gasteiger partial charge in [-0.15, -0.1) is 0 Å². The molecule has 0 amide bonds. The fraction of sp³-hybridized carbons (Fsp3) is 0.250. The third-order valence-corrected chi connectivity index (χ3v) is 1.82. The topological polar surface area (TPSA) is 35.6 Å². The Morgan fingerprint density at radius 2 is 2.08 bits per heavy atom. The van der Waals surface area contributed by atoms with E-state index in [1.54, 1.807) is 10.9 Å². The fourth-order valence-corrected chi connectivity index (χ4v) is 1.21. The lowest BCUT2D eigenvalue weighted by Crippen LogP contribution is -1.92. The smallest absolute Gasteiger partial charge is 0.0710 e. The van der Waals surface area contributed by atoms with Crippen LogP contribution in [0.25, 0.3) is 11.3 Å². The Labute approximate surface area is 70.4 Å². The molecule has 2 rings (SSSR count). The fourth-order valence-electron chi connectivity index (χ4n) is 1.21. The van der Waals surface area contributed by atoms with Gasteiger partial charge in [-0.25, -0.2) is 0 Å². The molecule has 0 atom stereocenters. The molecule has 0 radical (unpaired) electrons. The third-order valence-electron chi connectivity index (χ3n) is 1.82. The van der Waals surface area contributed by atoms with Gasteiger partial charge in [0.05, 0.1) is 11.9 Å². The van der Waals surface area contributed by atoms with Crippen molar-refractivity contribution in [1.82, 2.24) is 19.6 Å². The van der Waals surface area contributed by atoms with Crippen LogP contribution in [0.4, 0.5) is 0 Å². The minimum atomic E-state index is 1.09. The van der Waals surface area contributed by atoms with Gasteiger partial charge in [0.2, 0.25) is 0 Å². The van der Waals surface area contributed by atoms with Crippen molar-refractivity contribution in [1.29, 1.82) is 0 Å². The van der Waals surface area contributed by atoms with E-state index in [1.165, 1.54) is 0 Å². The summed E-state index contributed by atoms with van der Waals surface area (Å²) in [6.45, 7) is 0. The van der Waals surface area contributed by atoms with Crippen LogP contribution in [0.3, 0.4) is 0 Å². The van der Waals surface area contributed by atoms with Crippen molar-refractivity contribution in [2.24, 2.45) is 14.1 Å². The van der Waals surface area contributed by atoms with Crippen molar-refractivity contribution in [2.45, 2.75) is 0 Å². The molecule has 0 aliphatic rings. The van der Waals surface area contributed by atoms with E-state index in [9.17, 15) is 0 Å². The summed E-state index contributed by atoms with van der Waals surface area (Å²) in [4.78, 5) is 0. The maximum absolute atomic E-state index is 4.09. The molecule has 4 nitrogen and oxygen atoms in total. The molecule has 0 unspecified atom stereocenters. The number of nitrogens with zero attached hydrogens (tertiary/aromatic N) is 4. The highest BCUT2D eigenvalue weighted by Crippen LogP contribution is 2.15. The van der Waals surface area contributed by atoms with Crippen LogP contribution in [0.5, 0.6) is 0 Å². The van der Waals surface area contributed by atoms with E-state index in [1.807, 2.05) is 37.2 Å². The Morgan fingerprint density at radius 1 is 1.25 bits per heavy atom. The molecule has 4 heteroatoms. The number of hydrogen-bond donors (Lipinski definition) is 0. The Hall–Kier alpha value is -1.58. The molecule has 0 aliphatic heterocycles. The Kier molecular flexibility index (Phi) is 1.46. The zero-order valence-electron chi connectivity index (χ0n) is 7.10. The van der Waals surface area contributed by atoms with Crippen molar-refractivity contribution in [2.75, 3.05) is 0 Å². The van der Waals surface area contributed by atoms with E-state index < -0.39 is 0 Å². The minimum Gasteiger partial charge on any atom is -0.275 e. The normalized spacial score (nSPS) is 10.5. The van der Waals surface area contributed by atoms with E-state index >= 15 is 0 Å². The second-order valence-corrected chi connectivity index (χ2v) is 2.74. The summed E-state index contributed by atoms with van der Waals surface area (Å²) in [5, 5.41) is 8.17. The van der Waals surface area contributed by atoms with E-state index in [-0.39, 0.29) is 0 Å². The zero-order chi connectivity index (χ0) is 8.55. The van der Waals surface area contributed by atoms with Gasteiger partial charge >= 0.3 is 0 Å². The average molecular weight is 162 g/mol. The number of aryl methyl sites for hydroxylation is 2. The molecular formula is C8H10N4. The second-order valence-electron chi connectivity index (χ2n) is 2.74. The largest absolute Gasteiger partial charge is 0.275 e. The maximum Gasteiger partial charge on any atom is 0.0710 e. The van der Waals surface area contributed by atoms with Gasteiger partial charge < -0.3 is 0 Å². The first-order chi connectivity index (χ1) is 5.77. The van der Waals surface area contributed by atoms with Crippen molar-refractivity contribution < 1.29 is 0 Å². The van der Waals surface area contributed by atoms with Crippen molar-refractivity contribution >= 4 is 0 Å². The van der Waals surface area contributed by atoms with Gasteiger partial charge in [0.15, 0.2) is 0 Å². The van der Waals surface area contributed by atoms with Crippen molar-refractivity contribution in [3.8, 4) is 11.3 Å². The van der Waals surface area contributed by atoms with Crippen LogP contribution in [0.2, 0.25) is 0 Å². The summed E-state index contributed by atoms with van der Waals surface area (Å²) >= 11 is 0. The van der Waals surface area contributed by atoms with Gasteiger partial charge in [0.1, 0.15) is 0 Å². The molecule has 0 saturated carbocycles. The molecular weight excluding hydrogens is 152 g/mol. The summed E-state index contributed by atoms with van der Waals surface area (Å²) in [5.41, 5.74) is 2.18. The van der Waals surface area contributed by atoms with Gasteiger partial charge in [-0.2, -0.15) is 10.2 Å². The van der Waals surface area contributed by atoms with E-state index in [4.69, 9.17) is 0 Å². The van der Waals surface area contributed by atoms with E-state index in [0.717, 1.165) is 11.3 Å². The minimum absolute atomic E-state index is 1.09. The van der Waals surface area contributed by atoms with Gasteiger partial charge in [0, 0.05) is 32.1 Å². The summed E-state index contributed by atoms with van der Waals surface area (Å²) < 4.78 is 3.61. The first-order valence-corrected chi connectivity index (χ1v) is 3.74. The Balaban J connectivity index is 2.50. The van der Waals surface area contributed by atoms with Gasteiger partial charge in [-0.3, -0.25) is 9.36 Å². The first-order valence-electron chi connectivity index (χ1n) is 3.74. The van der Waals surface area contributed by atoms with Crippen molar-refractivity contribution in [3.05, 3.63) is 24.7 Å². The summed E-state index contributed by atoms with van der Waals surface area (Å²) in [6, 6.07) is 1.97. The number of rotatable bonds is 1. The first kappa shape index (κ1) is 7.09. The third kappa shape index (κ3) is 1.01. The van der Waals surface area contributed by atoms with Gasteiger partial charge in [0.25, 0.3) is 0 Å². The van der Waals surface area contributed by atoms with Crippen LogP contribution in [-0.2, 0) is 14.1 Å². The lowest BCUT2D eigenvalue weighted by molar-refractivity contribution is 0.766. The molecule has 0 spiro atoms. The second kappa shape index (κ2) is 2.48. The highest BCUT2D eigenvalue weighted by atomic mass is 15.3. The molecule has 2 heterocycles. The van der Waals surface area contributed by atoms with Crippen LogP contribution in [0, 0.1) is 0 Å².